The van der Waals surface area contributed by atoms with E-state index in [0.29, 0.717) is 63.8 Å². The Morgan fingerprint density at radius 3 is 1.65 bits per heavy atom. The van der Waals surface area contributed by atoms with E-state index in [1.807, 2.05) is 48.5 Å². The van der Waals surface area contributed by atoms with Gasteiger partial charge in [0.25, 0.3) is 0 Å². The molecule has 6 amide bonds. The highest BCUT2D eigenvalue weighted by molar-refractivity contribution is 5.95. The number of ether oxygens (including phenoxy) is 1. The van der Waals surface area contributed by atoms with E-state index in [-0.39, 0.29) is 47.5 Å². The van der Waals surface area contributed by atoms with Gasteiger partial charge in [-0.3, -0.25) is 28.8 Å². The van der Waals surface area contributed by atoms with Crippen LogP contribution in [0.3, 0.4) is 0 Å². The summed E-state index contributed by atoms with van der Waals surface area (Å²) in [7, 11) is 3.36. The van der Waals surface area contributed by atoms with Gasteiger partial charge in [-0.2, -0.15) is 0 Å². The lowest BCUT2D eigenvalue weighted by atomic mass is 9.87. The number of likely N-dealkylation sites (tertiary alicyclic amines) is 2. The molecular formula is C53H72N8O7. The minimum absolute atomic E-state index is 0.108. The third-order valence-electron chi connectivity index (χ3n) is 14.6. The van der Waals surface area contributed by atoms with E-state index in [1.54, 1.807) is 44.7 Å². The van der Waals surface area contributed by atoms with Crippen LogP contribution < -0.4 is 31.9 Å². The van der Waals surface area contributed by atoms with Crippen LogP contribution >= 0.6 is 0 Å². The molecule has 1 unspecified atom stereocenters. The van der Waals surface area contributed by atoms with E-state index in [0.717, 1.165) is 55.2 Å². The van der Waals surface area contributed by atoms with Crippen LogP contribution in [-0.4, -0.2) is 115 Å². The summed E-state index contributed by atoms with van der Waals surface area (Å²) < 4.78 is 6.28. The third-order valence-corrected chi connectivity index (χ3v) is 14.6. The molecule has 366 valence electrons. The van der Waals surface area contributed by atoms with Gasteiger partial charge in [0.2, 0.25) is 35.4 Å². The van der Waals surface area contributed by atoms with E-state index in [4.69, 9.17) is 4.74 Å². The lowest BCUT2D eigenvalue weighted by Gasteiger charge is -2.33. The Labute approximate surface area is 401 Å². The summed E-state index contributed by atoms with van der Waals surface area (Å²) in [6.45, 7) is 6.33. The second kappa shape index (κ2) is 23.6. The van der Waals surface area contributed by atoms with Gasteiger partial charge in [-0.25, -0.2) is 0 Å². The molecule has 2 heterocycles. The normalized spacial score (nSPS) is 22.1. The Hall–Kier alpha value is -5.64. The maximum Gasteiger partial charge on any atom is 0.250 e. The number of carbonyl (C=O) groups excluding carboxylic acids is 6. The van der Waals surface area contributed by atoms with Crippen LogP contribution in [0.5, 0.6) is 0 Å². The molecule has 0 aromatic heterocycles. The van der Waals surface area contributed by atoms with Crippen molar-refractivity contribution in [2.24, 2.45) is 0 Å². The molecule has 15 nitrogen and oxygen atoms in total. The second-order valence-electron chi connectivity index (χ2n) is 19.1. The summed E-state index contributed by atoms with van der Waals surface area (Å²) in [5.41, 5.74) is 6.33. The fourth-order valence-electron chi connectivity index (χ4n) is 10.3. The number of nitrogens with one attached hydrogen (secondary N) is 6. The first-order valence-electron chi connectivity index (χ1n) is 24.9. The first-order chi connectivity index (χ1) is 32.9. The molecule has 7 rings (SSSR count). The number of benzene rings is 3. The van der Waals surface area contributed by atoms with Crippen LogP contribution in [0.15, 0.2) is 72.8 Å². The minimum Gasteiger partial charge on any atom is -0.376 e. The molecule has 2 saturated heterocycles. The summed E-state index contributed by atoms with van der Waals surface area (Å²) in [6, 6.07) is 19.3. The van der Waals surface area contributed by atoms with Gasteiger partial charge in [0, 0.05) is 19.7 Å². The van der Waals surface area contributed by atoms with Crippen molar-refractivity contribution in [3.8, 4) is 0 Å². The van der Waals surface area contributed by atoms with Crippen molar-refractivity contribution in [2.45, 2.75) is 152 Å². The molecule has 3 aromatic carbocycles. The van der Waals surface area contributed by atoms with Gasteiger partial charge in [0.1, 0.15) is 24.2 Å². The standard InChI is InChI=1S/C53H72N8O7/c1-33(54-4)48(62)58-46(52(66)60-30-12-24-44(60)50(64)56-42-22-10-18-37-16-6-8-20-40(37)42)35(3)68-32-14-15-36-26-28-39(29-27-36)47(59-49(63)34(2)55-5)53(67)61-31-13-25-45(61)51(65)57-43-23-11-19-38-17-7-9-21-41(38)43/h6-9,16-17,20-21,26-29,33-35,42-47,54-55H,10-15,18-19,22-25,30-32H2,1-5H3,(H,56,64)(H,57,65)(H,58,62)(H,59,63)/t33-,34-,35?,42+,43+,44-,45-,46-,47-/m0/s1. The molecule has 2 aliphatic heterocycles. The van der Waals surface area contributed by atoms with Crippen molar-refractivity contribution in [3.63, 3.8) is 0 Å². The van der Waals surface area contributed by atoms with Crippen molar-refractivity contribution in [1.82, 2.24) is 41.7 Å². The number of aryl methyl sites for hydroxylation is 3. The summed E-state index contributed by atoms with van der Waals surface area (Å²) in [4.78, 5) is 86.3. The Balaban J connectivity index is 0.971. The maximum atomic E-state index is 14.5. The summed E-state index contributed by atoms with van der Waals surface area (Å²) in [5.74, 6) is -1.70. The molecule has 68 heavy (non-hydrogen) atoms. The van der Waals surface area contributed by atoms with Crippen molar-refractivity contribution in [2.75, 3.05) is 33.8 Å². The number of likely N-dealkylation sites (N-methyl/N-ethyl adjacent to an activating group) is 2. The summed E-state index contributed by atoms with van der Waals surface area (Å²) in [6.07, 6.45) is 8.55. The van der Waals surface area contributed by atoms with E-state index in [2.05, 4.69) is 56.2 Å². The SMILES string of the molecule is CN[C@@H](C)C(=O)N[C@H](C(=O)N1CCC[C@H]1C(=O)N[C@@H]1CCCc2ccccc21)c1ccc(CCCOC(C)[C@H](NC(=O)[C@H](C)NC)C(=O)N2CCC[C@H]2C(=O)N[C@@H]2CCCc3ccccc32)cc1. The average Bonchev–Trinajstić information content (AvgIpc) is 4.07. The van der Waals surface area contributed by atoms with Crippen molar-refractivity contribution >= 4 is 35.4 Å². The van der Waals surface area contributed by atoms with Crippen LogP contribution in [0.4, 0.5) is 0 Å². The van der Waals surface area contributed by atoms with Crippen molar-refractivity contribution in [3.05, 3.63) is 106 Å². The summed E-state index contributed by atoms with van der Waals surface area (Å²) >= 11 is 0. The zero-order chi connectivity index (χ0) is 48.3. The highest BCUT2D eigenvalue weighted by Gasteiger charge is 2.42. The Morgan fingerprint density at radius 2 is 1.12 bits per heavy atom. The third kappa shape index (κ3) is 12.0. The van der Waals surface area contributed by atoms with Gasteiger partial charge in [0.15, 0.2) is 0 Å². The number of hydrogen-bond acceptors (Lipinski definition) is 9. The van der Waals surface area contributed by atoms with Crippen LogP contribution in [0.1, 0.15) is 130 Å². The molecule has 0 bridgehead atoms. The largest absolute Gasteiger partial charge is 0.376 e. The van der Waals surface area contributed by atoms with Crippen LogP contribution in [0.25, 0.3) is 0 Å². The number of amides is 6. The number of fused-ring (bicyclic) bond motifs is 2. The zero-order valence-corrected chi connectivity index (χ0v) is 40.5. The number of rotatable bonds is 19. The second-order valence-corrected chi connectivity index (χ2v) is 19.1. The first kappa shape index (κ1) is 50.2. The fourth-order valence-corrected chi connectivity index (χ4v) is 10.3. The molecular weight excluding hydrogens is 861 g/mol. The van der Waals surface area contributed by atoms with Gasteiger partial charge in [-0.05, 0) is 145 Å². The van der Waals surface area contributed by atoms with Gasteiger partial charge in [0.05, 0.1) is 30.3 Å². The Morgan fingerprint density at radius 1 is 0.618 bits per heavy atom. The van der Waals surface area contributed by atoms with Crippen molar-refractivity contribution < 1.29 is 33.5 Å². The van der Waals surface area contributed by atoms with E-state index >= 15 is 0 Å². The molecule has 6 N–H and O–H groups in total. The smallest absolute Gasteiger partial charge is 0.250 e. The predicted octanol–water partition coefficient (Wildman–Crippen LogP) is 4.25. The number of nitrogens with zero attached hydrogens (tertiary/aromatic N) is 2. The Kier molecular flexibility index (Phi) is 17.4. The molecule has 0 radical (unpaired) electrons. The topological polar surface area (TPSA) is 190 Å². The summed E-state index contributed by atoms with van der Waals surface area (Å²) in [5, 5.41) is 18.3. The van der Waals surface area contributed by atoms with E-state index in [1.165, 1.54) is 11.1 Å². The minimum atomic E-state index is -1.01. The van der Waals surface area contributed by atoms with Crippen LogP contribution in [0.2, 0.25) is 0 Å². The molecule has 15 heteroatoms. The van der Waals surface area contributed by atoms with Gasteiger partial charge in [-0.15, -0.1) is 0 Å². The first-order valence-corrected chi connectivity index (χ1v) is 24.9. The predicted molar refractivity (Wildman–Crippen MR) is 260 cm³/mol. The molecule has 2 aliphatic carbocycles. The lowest BCUT2D eigenvalue weighted by Crippen LogP contribution is -2.59. The van der Waals surface area contributed by atoms with Gasteiger partial charge in [-0.1, -0.05) is 72.8 Å². The number of hydrogen-bond donors (Lipinski definition) is 6. The average molecular weight is 933 g/mol. The fraction of sp³-hybridized carbons (Fsp3) is 0.547. The molecule has 0 spiro atoms. The molecule has 0 saturated carbocycles. The van der Waals surface area contributed by atoms with Crippen LogP contribution in [0, 0.1) is 0 Å². The molecule has 2 fully saturated rings. The van der Waals surface area contributed by atoms with Crippen molar-refractivity contribution in [1.29, 1.82) is 0 Å². The Bertz CT molecular complexity index is 2250. The molecule has 3 aromatic rings. The maximum absolute atomic E-state index is 14.5. The quantitative estimate of drug-likeness (QED) is 0.0956. The lowest BCUT2D eigenvalue weighted by molar-refractivity contribution is -0.145. The molecule has 4 aliphatic rings. The molecule has 9 atom stereocenters. The monoisotopic (exact) mass is 933 g/mol. The van der Waals surface area contributed by atoms with Gasteiger partial charge < -0.3 is 46.4 Å². The number of carbonyl (C=O) groups is 6. The van der Waals surface area contributed by atoms with Crippen LogP contribution in [-0.2, 0) is 52.8 Å². The highest BCUT2D eigenvalue weighted by Crippen LogP contribution is 2.33. The van der Waals surface area contributed by atoms with E-state index < -0.39 is 42.4 Å². The van der Waals surface area contributed by atoms with E-state index in [9.17, 15) is 28.8 Å². The zero-order valence-electron chi connectivity index (χ0n) is 40.5. The highest BCUT2D eigenvalue weighted by atomic mass is 16.5. The van der Waals surface area contributed by atoms with Gasteiger partial charge >= 0.3 is 0 Å².